The molecule has 1 aromatic rings. The van der Waals surface area contributed by atoms with E-state index in [1.54, 1.807) is 18.2 Å². The monoisotopic (exact) mass is 251 g/mol. The van der Waals surface area contributed by atoms with Crippen LogP contribution in [0.15, 0.2) is 18.2 Å². The molecule has 1 aliphatic rings. The van der Waals surface area contributed by atoms with E-state index in [4.69, 9.17) is 19.9 Å². The number of hydrogen-bond donors (Lipinski definition) is 1. The fraction of sp³-hybridized carbons (Fsp3) is 0.462. The molecule has 2 N–H and O–H groups in total. The Morgan fingerprint density at radius 3 is 2.94 bits per heavy atom. The van der Waals surface area contributed by atoms with E-state index in [1.165, 1.54) is 7.11 Å². The maximum Gasteiger partial charge on any atom is 0.338 e. The van der Waals surface area contributed by atoms with Crippen molar-refractivity contribution >= 4 is 11.7 Å². The molecular weight excluding hydrogens is 234 g/mol. The van der Waals surface area contributed by atoms with Crippen LogP contribution in [0.4, 0.5) is 5.69 Å². The highest BCUT2D eigenvalue weighted by atomic mass is 16.6. The van der Waals surface area contributed by atoms with Crippen molar-refractivity contribution in [3.63, 3.8) is 0 Å². The van der Waals surface area contributed by atoms with Crippen LogP contribution in [0.2, 0.25) is 0 Å². The van der Waals surface area contributed by atoms with Gasteiger partial charge in [-0.15, -0.1) is 0 Å². The molecule has 98 valence electrons. The minimum Gasteiger partial charge on any atom is -0.497 e. The van der Waals surface area contributed by atoms with Crippen molar-refractivity contribution in [3.8, 4) is 5.75 Å². The number of rotatable bonds is 3. The molecule has 1 saturated heterocycles. The third kappa shape index (κ3) is 3.13. The zero-order valence-corrected chi connectivity index (χ0v) is 10.3. The van der Waals surface area contributed by atoms with Crippen molar-refractivity contribution in [3.05, 3.63) is 23.8 Å². The van der Waals surface area contributed by atoms with Crippen LogP contribution in [0.25, 0.3) is 0 Å². The number of nitrogens with two attached hydrogens (primary N) is 1. The quantitative estimate of drug-likeness (QED) is 0.653. The van der Waals surface area contributed by atoms with Gasteiger partial charge in [0.2, 0.25) is 0 Å². The van der Waals surface area contributed by atoms with Crippen LogP contribution in [-0.2, 0) is 9.47 Å². The van der Waals surface area contributed by atoms with E-state index in [2.05, 4.69) is 0 Å². The number of anilines is 1. The Kier molecular flexibility index (Phi) is 4.04. The smallest absolute Gasteiger partial charge is 0.338 e. The van der Waals surface area contributed by atoms with Crippen LogP contribution >= 0.6 is 0 Å². The van der Waals surface area contributed by atoms with E-state index < -0.39 is 5.97 Å². The molecule has 0 amide bonds. The van der Waals surface area contributed by atoms with E-state index in [0.717, 1.165) is 19.4 Å². The first-order valence-corrected chi connectivity index (χ1v) is 5.92. The molecule has 0 saturated carbocycles. The molecule has 1 aliphatic heterocycles. The van der Waals surface area contributed by atoms with E-state index in [-0.39, 0.29) is 6.10 Å². The molecular formula is C13H17NO4. The fourth-order valence-corrected chi connectivity index (χ4v) is 1.88. The summed E-state index contributed by atoms with van der Waals surface area (Å²) >= 11 is 0. The number of esters is 1. The number of hydrogen-bond acceptors (Lipinski definition) is 5. The zero-order chi connectivity index (χ0) is 13.0. The second-order valence-electron chi connectivity index (χ2n) is 4.24. The van der Waals surface area contributed by atoms with Gasteiger partial charge < -0.3 is 19.9 Å². The molecule has 0 bridgehead atoms. The molecule has 1 heterocycles. The first-order chi connectivity index (χ1) is 8.69. The Balaban J connectivity index is 2.05. The molecule has 1 fully saturated rings. The van der Waals surface area contributed by atoms with Gasteiger partial charge in [0.1, 0.15) is 11.9 Å². The van der Waals surface area contributed by atoms with Crippen LogP contribution in [0, 0.1) is 0 Å². The molecule has 2 rings (SSSR count). The topological polar surface area (TPSA) is 70.8 Å². The minimum absolute atomic E-state index is 0.168. The molecule has 0 aliphatic carbocycles. The lowest BCUT2D eigenvalue weighted by Crippen LogP contribution is -2.28. The van der Waals surface area contributed by atoms with Crippen LogP contribution in [-0.4, -0.2) is 32.4 Å². The molecule has 0 radical (unpaired) electrons. The van der Waals surface area contributed by atoms with E-state index in [9.17, 15) is 4.79 Å². The van der Waals surface area contributed by atoms with Crippen LogP contribution in [0.5, 0.6) is 5.75 Å². The Labute approximate surface area is 106 Å². The summed E-state index contributed by atoms with van der Waals surface area (Å²) in [6.07, 6.45) is 1.59. The zero-order valence-electron chi connectivity index (χ0n) is 10.3. The molecule has 1 aromatic carbocycles. The number of carbonyl (C=O) groups excluding carboxylic acids is 1. The van der Waals surface area contributed by atoms with Gasteiger partial charge in [-0.25, -0.2) is 4.79 Å². The van der Waals surface area contributed by atoms with Gasteiger partial charge in [0.05, 0.1) is 19.3 Å². The molecule has 5 nitrogen and oxygen atoms in total. The summed E-state index contributed by atoms with van der Waals surface area (Å²) in [6.45, 7) is 1.20. The predicted molar refractivity (Wildman–Crippen MR) is 66.7 cm³/mol. The van der Waals surface area contributed by atoms with Gasteiger partial charge in [0, 0.05) is 18.4 Å². The van der Waals surface area contributed by atoms with Gasteiger partial charge in [-0.1, -0.05) is 0 Å². The number of ether oxygens (including phenoxy) is 3. The van der Waals surface area contributed by atoms with Crippen molar-refractivity contribution in [2.75, 3.05) is 26.1 Å². The first kappa shape index (κ1) is 12.7. The second-order valence-corrected chi connectivity index (χ2v) is 4.24. The average Bonchev–Trinajstić information content (AvgIpc) is 2.39. The summed E-state index contributed by atoms with van der Waals surface area (Å²) in [7, 11) is 1.53. The van der Waals surface area contributed by atoms with Gasteiger partial charge in [0.15, 0.2) is 0 Å². The highest BCUT2D eigenvalue weighted by Crippen LogP contribution is 2.20. The lowest BCUT2D eigenvalue weighted by atomic mass is 10.1. The number of nitrogen functional groups attached to an aromatic ring is 1. The SMILES string of the molecule is COc1cc(N)cc(C(=O)OC2CCCOC2)c1. The molecule has 1 unspecified atom stereocenters. The van der Waals surface area contributed by atoms with Crippen molar-refractivity contribution in [2.24, 2.45) is 0 Å². The van der Waals surface area contributed by atoms with E-state index >= 15 is 0 Å². The van der Waals surface area contributed by atoms with Crippen LogP contribution in [0.1, 0.15) is 23.2 Å². The lowest BCUT2D eigenvalue weighted by Gasteiger charge is -2.22. The summed E-state index contributed by atoms with van der Waals surface area (Å²) in [5.74, 6) is 0.151. The Bertz CT molecular complexity index is 427. The van der Waals surface area contributed by atoms with Crippen molar-refractivity contribution in [2.45, 2.75) is 18.9 Å². The van der Waals surface area contributed by atoms with Gasteiger partial charge in [-0.2, -0.15) is 0 Å². The maximum absolute atomic E-state index is 11.9. The number of benzene rings is 1. The van der Waals surface area contributed by atoms with Gasteiger partial charge in [-0.05, 0) is 25.0 Å². The maximum atomic E-state index is 11.9. The largest absolute Gasteiger partial charge is 0.497 e. The molecule has 0 spiro atoms. The number of carbonyl (C=O) groups is 1. The summed E-state index contributed by atoms with van der Waals surface area (Å²) in [5.41, 5.74) is 6.57. The third-order valence-corrected chi connectivity index (χ3v) is 2.79. The normalized spacial score (nSPS) is 19.3. The Morgan fingerprint density at radius 1 is 1.44 bits per heavy atom. The third-order valence-electron chi connectivity index (χ3n) is 2.79. The summed E-state index contributed by atoms with van der Waals surface area (Å²) in [4.78, 5) is 11.9. The van der Waals surface area contributed by atoms with Gasteiger partial charge >= 0.3 is 5.97 Å². The Hall–Kier alpha value is -1.75. The van der Waals surface area contributed by atoms with E-state index in [0.29, 0.717) is 23.6 Å². The second kappa shape index (κ2) is 5.73. The highest BCUT2D eigenvalue weighted by molar-refractivity contribution is 5.91. The number of methoxy groups -OCH3 is 1. The molecule has 1 atom stereocenters. The average molecular weight is 251 g/mol. The fourth-order valence-electron chi connectivity index (χ4n) is 1.88. The lowest BCUT2D eigenvalue weighted by molar-refractivity contribution is -0.0306. The van der Waals surface area contributed by atoms with Crippen molar-refractivity contribution in [1.29, 1.82) is 0 Å². The van der Waals surface area contributed by atoms with Crippen molar-refractivity contribution < 1.29 is 19.0 Å². The van der Waals surface area contributed by atoms with Crippen LogP contribution < -0.4 is 10.5 Å². The predicted octanol–water partition coefficient (Wildman–Crippen LogP) is 1.61. The Morgan fingerprint density at radius 2 is 2.28 bits per heavy atom. The van der Waals surface area contributed by atoms with Gasteiger partial charge in [0.25, 0.3) is 0 Å². The van der Waals surface area contributed by atoms with Crippen molar-refractivity contribution in [1.82, 2.24) is 0 Å². The standard InChI is InChI=1S/C13H17NO4/c1-16-12-6-9(5-10(14)7-12)13(15)18-11-3-2-4-17-8-11/h5-7,11H,2-4,8,14H2,1H3. The molecule has 18 heavy (non-hydrogen) atoms. The summed E-state index contributed by atoms with van der Waals surface area (Å²) in [5, 5.41) is 0. The molecule has 0 aromatic heterocycles. The highest BCUT2D eigenvalue weighted by Gasteiger charge is 2.19. The first-order valence-electron chi connectivity index (χ1n) is 5.92. The van der Waals surface area contributed by atoms with E-state index in [1.807, 2.05) is 0 Å². The van der Waals surface area contributed by atoms with Crippen LogP contribution in [0.3, 0.4) is 0 Å². The minimum atomic E-state index is -0.393. The summed E-state index contributed by atoms with van der Waals surface area (Å²) in [6, 6.07) is 4.84. The summed E-state index contributed by atoms with van der Waals surface area (Å²) < 4.78 is 15.7. The molecule has 5 heteroatoms. The van der Waals surface area contributed by atoms with Gasteiger partial charge in [-0.3, -0.25) is 0 Å².